The molecule has 2 aromatic rings. The SMILES string of the molecule is CCCC(=O)Nc1ccc(C(=O)NCCNC(=O)c2ccc([N+](=O)[O-])cc2)cc1. The van der Waals surface area contributed by atoms with Crippen LogP contribution < -0.4 is 16.0 Å². The van der Waals surface area contributed by atoms with E-state index < -0.39 is 4.92 Å². The van der Waals surface area contributed by atoms with Gasteiger partial charge in [0.15, 0.2) is 0 Å². The monoisotopic (exact) mass is 398 g/mol. The summed E-state index contributed by atoms with van der Waals surface area (Å²) in [7, 11) is 0. The molecule has 0 aliphatic rings. The molecule has 2 aromatic carbocycles. The quantitative estimate of drug-likeness (QED) is 0.339. The molecule has 0 bridgehead atoms. The Morgan fingerprint density at radius 2 is 1.34 bits per heavy atom. The molecule has 0 saturated heterocycles. The van der Waals surface area contributed by atoms with E-state index in [9.17, 15) is 24.5 Å². The Morgan fingerprint density at radius 1 is 0.862 bits per heavy atom. The zero-order valence-electron chi connectivity index (χ0n) is 15.9. The van der Waals surface area contributed by atoms with Gasteiger partial charge in [0.05, 0.1) is 4.92 Å². The maximum Gasteiger partial charge on any atom is 0.269 e. The lowest BCUT2D eigenvalue weighted by Crippen LogP contribution is -2.34. The molecule has 0 aliphatic heterocycles. The van der Waals surface area contributed by atoms with Gasteiger partial charge < -0.3 is 16.0 Å². The highest BCUT2D eigenvalue weighted by Gasteiger charge is 2.10. The van der Waals surface area contributed by atoms with Crippen LogP contribution in [0.2, 0.25) is 0 Å². The molecular formula is C20H22N4O5. The molecular weight excluding hydrogens is 376 g/mol. The van der Waals surface area contributed by atoms with Crippen molar-refractivity contribution in [3.05, 3.63) is 69.8 Å². The van der Waals surface area contributed by atoms with E-state index in [0.717, 1.165) is 6.42 Å². The van der Waals surface area contributed by atoms with Crippen LogP contribution in [0.15, 0.2) is 48.5 Å². The Balaban J connectivity index is 1.75. The van der Waals surface area contributed by atoms with Crippen molar-refractivity contribution in [2.75, 3.05) is 18.4 Å². The number of hydrogen-bond acceptors (Lipinski definition) is 5. The predicted molar refractivity (Wildman–Crippen MR) is 108 cm³/mol. The van der Waals surface area contributed by atoms with Crippen LogP contribution in [0.25, 0.3) is 0 Å². The highest BCUT2D eigenvalue weighted by molar-refractivity contribution is 5.96. The molecule has 29 heavy (non-hydrogen) atoms. The van der Waals surface area contributed by atoms with Crippen molar-refractivity contribution in [3.8, 4) is 0 Å². The molecule has 0 atom stereocenters. The van der Waals surface area contributed by atoms with Gasteiger partial charge in [-0.2, -0.15) is 0 Å². The molecule has 3 N–H and O–H groups in total. The zero-order chi connectivity index (χ0) is 21.2. The summed E-state index contributed by atoms with van der Waals surface area (Å²) in [5.41, 5.74) is 1.25. The van der Waals surface area contributed by atoms with Gasteiger partial charge in [-0.05, 0) is 42.8 Å². The van der Waals surface area contributed by atoms with Crippen LogP contribution >= 0.6 is 0 Å². The standard InChI is InChI=1S/C20H22N4O5/c1-2-3-18(25)23-16-8-4-14(5-9-16)19(26)21-12-13-22-20(27)15-6-10-17(11-7-15)24(28)29/h4-11H,2-3,12-13H2,1H3,(H,21,26)(H,22,27)(H,23,25). The number of rotatable bonds is 9. The minimum absolute atomic E-state index is 0.0755. The lowest BCUT2D eigenvalue weighted by Gasteiger charge is -2.08. The fourth-order valence-electron chi connectivity index (χ4n) is 2.45. The summed E-state index contributed by atoms with van der Waals surface area (Å²) in [6, 6.07) is 11.8. The highest BCUT2D eigenvalue weighted by atomic mass is 16.6. The first-order valence-corrected chi connectivity index (χ1v) is 9.11. The van der Waals surface area contributed by atoms with E-state index in [4.69, 9.17) is 0 Å². The van der Waals surface area contributed by atoms with Crippen LogP contribution in [-0.2, 0) is 4.79 Å². The van der Waals surface area contributed by atoms with Gasteiger partial charge in [-0.1, -0.05) is 6.92 Å². The van der Waals surface area contributed by atoms with Gasteiger partial charge >= 0.3 is 0 Å². The summed E-state index contributed by atoms with van der Waals surface area (Å²) in [6.07, 6.45) is 1.20. The Bertz CT molecular complexity index is 879. The third-order valence-corrected chi connectivity index (χ3v) is 3.94. The number of benzene rings is 2. The number of hydrogen-bond donors (Lipinski definition) is 3. The molecule has 2 rings (SSSR count). The first-order chi connectivity index (χ1) is 13.9. The number of nitro groups is 1. The van der Waals surface area contributed by atoms with Gasteiger partial charge in [-0.15, -0.1) is 0 Å². The van der Waals surface area contributed by atoms with Crippen LogP contribution in [0.1, 0.15) is 40.5 Å². The Hall–Kier alpha value is -3.75. The normalized spacial score (nSPS) is 10.1. The second-order valence-corrected chi connectivity index (χ2v) is 6.19. The first kappa shape index (κ1) is 21.5. The fraction of sp³-hybridized carbons (Fsp3) is 0.250. The number of nitrogens with zero attached hydrogens (tertiary/aromatic N) is 1. The van der Waals surface area contributed by atoms with E-state index >= 15 is 0 Å². The zero-order valence-corrected chi connectivity index (χ0v) is 15.9. The van der Waals surface area contributed by atoms with E-state index in [1.807, 2.05) is 6.92 Å². The minimum atomic E-state index is -0.539. The molecule has 152 valence electrons. The lowest BCUT2D eigenvalue weighted by atomic mass is 10.2. The van der Waals surface area contributed by atoms with Crippen LogP contribution in [0.5, 0.6) is 0 Å². The Labute approximate surface area is 167 Å². The predicted octanol–water partition coefficient (Wildman–Crippen LogP) is 2.49. The van der Waals surface area contributed by atoms with E-state index in [2.05, 4.69) is 16.0 Å². The molecule has 0 unspecified atom stereocenters. The largest absolute Gasteiger partial charge is 0.350 e. The number of non-ortho nitro benzene ring substituents is 1. The van der Waals surface area contributed by atoms with Crippen LogP contribution in [0.4, 0.5) is 11.4 Å². The topological polar surface area (TPSA) is 130 Å². The molecule has 0 spiro atoms. The van der Waals surface area contributed by atoms with Crippen molar-refractivity contribution < 1.29 is 19.3 Å². The van der Waals surface area contributed by atoms with E-state index in [1.54, 1.807) is 24.3 Å². The van der Waals surface area contributed by atoms with Crippen LogP contribution in [-0.4, -0.2) is 35.7 Å². The molecule has 0 saturated carbocycles. The summed E-state index contributed by atoms with van der Waals surface area (Å²) in [4.78, 5) is 45.7. The Morgan fingerprint density at radius 3 is 1.79 bits per heavy atom. The van der Waals surface area contributed by atoms with E-state index in [1.165, 1.54) is 24.3 Å². The molecule has 0 aromatic heterocycles. The molecule has 9 heteroatoms. The van der Waals surface area contributed by atoms with Gasteiger partial charge in [-0.3, -0.25) is 24.5 Å². The Kier molecular flexibility index (Phi) is 7.84. The van der Waals surface area contributed by atoms with Crippen molar-refractivity contribution in [1.29, 1.82) is 0 Å². The average molecular weight is 398 g/mol. The summed E-state index contributed by atoms with van der Waals surface area (Å²) in [5, 5.41) is 18.7. The van der Waals surface area contributed by atoms with Crippen LogP contribution in [0.3, 0.4) is 0 Å². The van der Waals surface area contributed by atoms with Gasteiger partial charge in [0, 0.05) is 48.5 Å². The third-order valence-electron chi connectivity index (χ3n) is 3.94. The second kappa shape index (κ2) is 10.5. The molecule has 0 radical (unpaired) electrons. The number of amides is 3. The average Bonchev–Trinajstić information content (AvgIpc) is 2.71. The third kappa shape index (κ3) is 6.73. The molecule has 9 nitrogen and oxygen atoms in total. The number of carbonyl (C=O) groups excluding carboxylic acids is 3. The van der Waals surface area contributed by atoms with Gasteiger partial charge in [0.2, 0.25) is 5.91 Å². The minimum Gasteiger partial charge on any atom is -0.350 e. The van der Waals surface area contributed by atoms with Crippen molar-refractivity contribution in [2.24, 2.45) is 0 Å². The van der Waals surface area contributed by atoms with Crippen molar-refractivity contribution in [1.82, 2.24) is 10.6 Å². The number of anilines is 1. The number of nitrogens with one attached hydrogen (secondary N) is 3. The summed E-state index contributed by atoms with van der Waals surface area (Å²) in [6.45, 7) is 2.33. The van der Waals surface area contributed by atoms with E-state index in [-0.39, 0.29) is 36.5 Å². The van der Waals surface area contributed by atoms with Crippen LogP contribution in [0, 0.1) is 10.1 Å². The fourth-order valence-corrected chi connectivity index (χ4v) is 2.45. The molecule has 0 heterocycles. The lowest BCUT2D eigenvalue weighted by molar-refractivity contribution is -0.384. The van der Waals surface area contributed by atoms with E-state index in [0.29, 0.717) is 23.2 Å². The van der Waals surface area contributed by atoms with Crippen molar-refractivity contribution >= 4 is 29.1 Å². The smallest absolute Gasteiger partial charge is 0.269 e. The second-order valence-electron chi connectivity index (χ2n) is 6.19. The molecule has 0 fully saturated rings. The number of nitro benzene ring substituents is 1. The first-order valence-electron chi connectivity index (χ1n) is 9.11. The highest BCUT2D eigenvalue weighted by Crippen LogP contribution is 2.12. The summed E-state index contributed by atoms with van der Waals surface area (Å²) in [5.74, 6) is -0.768. The van der Waals surface area contributed by atoms with Gasteiger partial charge in [0.1, 0.15) is 0 Å². The maximum atomic E-state index is 12.1. The van der Waals surface area contributed by atoms with Crippen molar-refractivity contribution in [3.63, 3.8) is 0 Å². The maximum absolute atomic E-state index is 12.1. The summed E-state index contributed by atoms with van der Waals surface area (Å²) < 4.78 is 0. The molecule has 0 aliphatic carbocycles. The van der Waals surface area contributed by atoms with Gasteiger partial charge in [-0.25, -0.2) is 0 Å². The van der Waals surface area contributed by atoms with Crippen molar-refractivity contribution in [2.45, 2.75) is 19.8 Å². The van der Waals surface area contributed by atoms with Gasteiger partial charge in [0.25, 0.3) is 17.5 Å². The molecule has 3 amide bonds. The number of carbonyl (C=O) groups is 3. The summed E-state index contributed by atoms with van der Waals surface area (Å²) >= 11 is 0.